The number of ether oxygens (including phenoxy) is 9. The van der Waals surface area contributed by atoms with E-state index in [4.69, 9.17) is 42.6 Å². The number of hydrogen-bond donors (Lipinski definition) is 0. The molecule has 7 rings (SSSR count). The smallest absolute Gasteiger partial charge is 0.343 e. The maximum Gasteiger partial charge on any atom is 0.343 e. The first-order valence-electron chi connectivity index (χ1n) is 18.2. The predicted molar refractivity (Wildman–Crippen MR) is 194 cm³/mol. The highest BCUT2D eigenvalue weighted by molar-refractivity contribution is 5.91. The van der Waals surface area contributed by atoms with Crippen molar-refractivity contribution in [1.82, 2.24) is 0 Å². The predicted octanol–water partition coefficient (Wildman–Crippen LogP) is 7.60. The minimum absolute atomic E-state index is 0.0751. The molecule has 0 aromatic heterocycles. The van der Waals surface area contributed by atoms with Crippen LogP contribution in [0.2, 0.25) is 0 Å². The Morgan fingerprint density at radius 1 is 0.577 bits per heavy atom. The molecule has 2 fully saturated rings. The Bertz CT molecular complexity index is 1750. The Kier molecular flexibility index (Phi) is 12.2. The van der Waals surface area contributed by atoms with E-state index in [1.807, 2.05) is 48.5 Å². The van der Waals surface area contributed by atoms with Crippen molar-refractivity contribution in [2.75, 3.05) is 59.6 Å². The van der Waals surface area contributed by atoms with Gasteiger partial charge in [0.15, 0.2) is 0 Å². The highest BCUT2D eigenvalue weighted by Gasteiger charge is 2.27. The van der Waals surface area contributed by atoms with Crippen molar-refractivity contribution in [3.8, 4) is 39.9 Å². The molecule has 2 saturated heterocycles. The van der Waals surface area contributed by atoms with E-state index in [0.29, 0.717) is 68.1 Å². The lowest BCUT2D eigenvalue weighted by atomic mass is 9.99. The highest BCUT2D eigenvalue weighted by Crippen LogP contribution is 2.47. The van der Waals surface area contributed by atoms with Gasteiger partial charge in [-0.05, 0) is 121 Å². The van der Waals surface area contributed by atoms with Crippen LogP contribution in [0.1, 0.15) is 60.0 Å². The van der Waals surface area contributed by atoms with Crippen LogP contribution in [0.25, 0.3) is 11.1 Å². The minimum atomic E-state index is -0.416. The molecule has 4 aromatic rings. The number of benzene rings is 4. The normalized spacial score (nSPS) is 17.9. The Hall–Kier alpha value is -4.61. The molecule has 0 bridgehead atoms. The van der Waals surface area contributed by atoms with E-state index in [1.54, 1.807) is 24.3 Å². The Balaban J connectivity index is 0.826. The molecule has 2 aliphatic heterocycles. The zero-order chi connectivity index (χ0) is 35.5. The standard InChI is InChI=1S/C42H46O10/c1-29-40-22-34(51-28-50-33-12-10-32(11-13-33)47-21-5-3-19-45-25-37-27-49-37)14-16-38(40)39-17-15-35(23-41(29)39)52-42(43)30-6-8-31(9-7-30)46-20-4-2-18-44-24-36-26-48-36/h6-17,22-23,29,36-37H,2-5,18-21,24-28H2,1H3. The first-order chi connectivity index (χ1) is 25.6. The molecule has 0 saturated carbocycles. The van der Waals surface area contributed by atoms with Gasteiger partial charge in [0.25, 0.3) is 0 Å². The van der Waals surface area contributed by atoms with E-state index >= 15 is 0 Å². The quantitative estimate of drug-likeness (QED) is 0.0266. The lowest BCUT2D eigenvalue weighted by Crippen LogP contribution is -2.09. The van der Waals surface area contributed by atoms with Gasteiger partial charge in [0, 0.05) is 19.1 Å². The number of epoxide rings is 2. The summed E-state index contributed by atoms with van der Waals surface area (Å²) in [6.07, 6.45) is 4.30. The average molecular weight is 711 g/mol. The maximum absolute atomic E-state index is 13.0. The fourth-order valence-corrected chi connectivity index (χ4v) is 6.01. The molecule has 3 aliphatic rings. The molecule has 3 atom stereocenters. The molecule has 10 nitrogen and oxygen atoms in total. The van der Waals surface area contributed by atoms with Crippen LogP contribution in [0.3, 0.4) is 0 Å². The van der Waals surface area contributed by atoms with Crippen LogP contribution < -0.4 is 23.7 Å². The van der Waals surface area contributed by atoms with Crippen molar-refractivity contribution in [1.29, 1.82) is 0 Å². The monoisotopic (exact) mass is 710 g/mol. The highest BCUT2D eigenvalue weighted by atomic mass is 16.7. The molecule has 1 aliphatic carbocycles. The molecule has 2 heterocycles. The van der Waals surface area contributed by atoms with Crippen molar-refractivity contribution >= 4 is 5.97 Å². The number of rotatable bonds is 22. The van der Waals surface area contributed by atoms with Crippen LogP contribution in [0.15, 0.2) is 84.9 Å². The second kappa shape index (κ2) is 17.7. The first-order valence-corrected chi connectivity index (χ1v) is 18.2. The zero-order valence-corrected chi connectivity index (χ0v) is 29.6. The molecule has 0 N–H and O–H groups in total. The van der Waals surface area contributed by atoms with Crippen LogP contribution in [0, 0.1) is 0 Å². The third kappa shape index (κ3) is 10.3. The number of carbonyl (C=O) groups is 1. The van der Waals surface area contributed by atoms with Gasteiger partial charge >= 0.3 is 5.97 Å². The SMILES string of the molecule is CC1c2cc(OCOc3ccc(OCCCCOCC4CO4)cc3)ccc2-c2ccc(OC(=O)c3ccc(OCCCCOCC4CO4)cc3)cc21. The molecular formula is C42H46O10. The van der Waals surface area contributed by atoms with Crippen molar-refractivity contribution < 1.29 is 47.4 Å². The summed E-state index contributed by atoms with van der Waals surface area (Å²) in [5.41, 5.74) is 4.97. The fraction of sp³-hybridized carbons (Fsp3) is 0.405. The van der Waals surface area contributed by atoms with E-state index < -0.39 is 5.97 Å². The third-order valence-electron chi connectivity index (χ3n) is 9.16. The maximum atomic E-state index is 13.0. The van der Waals surface area contributed by atoms with Crippen molar-refractivity contribution in [2.45, 2.75) is 50.7 Å². The van der Waals surface area contributed by atoms with E-state index in [9.17, 15) is 4.79 Å². The molecule has 0 amide bonds. The minimum Gasteiger partial charge on any atom is -0.494 e. The van der Waals surface area contributed by atoms with E-state index in [-0.39, 0.29) is 12.7 Å². The van der Waals surface area contributed by atoms with Crippen LogP contribution in [-0.4, -0.2) is 77.8 Å². The van der Waals surface area contributed by atoms with Gasteiger partial charge in [0.2, 0.25) is 6.79 Å². The van der Waals surface area contributed by atoms with Gasteiger partial charge in [-0.2, -0.15) is 0 Å². The summed E-state index contributed by atoms with van der Waals surface area (Å²) in [6, 6.07) is 26.5. The molecule has 52 heavy (non-hydrogen) atoms. The lowest BCUT2D eigenvalue weighted by molar-refractivity contribution is 0.0734. The van der Waals surface area contributed by atoms with Crippen LogP contribution >= 0.6 is 0 Å². The largest absolute Gasteiger partial charge is 0.494 e. The second-order valence-electron chi connectivity index (χ2n) is 13.2. The zero-order valence-electron chi connectivity index (χ0n) is 29.6. The summed E-state index contributed by atoms with van der Waals surface area (Å²) in [4.78, 5) is 13.0. The number of unbranched alkanes of at least 4 members (excludes halogenated alkanes) is 2. The molecule has 3 unspecified atom stereocenters. The average Bonchev–Trinajstić information content (AvgIpc) is 4.12. The van der Waals surface area contributed by atoms with Gasteiger partial charge in [0.05, 0.1) is 45.2 Å². The number of carbonyl (C=O) groups excluding carboxylic acids is 1. The lowest BCUT2D eigenvalue weighted by Gasteiger charge is -2.12. The molecule has 10 heteroatoms. The van der Waals surface area contributed by atoms with Gasteiger partial charge in [-0.25, -0.2) is 4.79 Å². The van der Waals surface area contributed by atoms with Crippen molar-refractivity contribution in [2.24, 2.45) is 0 Å². The summed E-state index contributed by atoms with van der Waals surface area (Å²) in [5, 5.41) is 0. The Labute approximate surface area is 304 Å². The van der Waals surface area contributed by atoms with Gasteiger partial charge < -0.3 is 42.6 Å². The number of fused-ring (bicyclic) bond motifs is 3. The summed E-state index contributed by atoms with van der Waals surface area (Å²) in [7, 11) is 0. The van der Waals surface area contributed by atoms with Gasteiger partial charge in [-0.15, -0.1) is 0 Å². The van der Waals surface area contributed by atoms with E-state index in [0.717, 1.165) is 79.3 Å². The van der Waals surface area contributed by atoms with Gasteiger partial charge in [-0.1, -0.05) is 19.1 Å². The second-order valence-corrected chi connectivity index (χ2v) is 13.2. The van der Waals surface area contributed by atoms with Crippen LogP contribution in [-0.2, 0) is 18.9 Å². The molecule has 0 radical (unpaired) electrons. The molecule has 274 valence electrons. The van der Waals surface area contributed by atoms with Crippen molar-refractivity contribution in [3.05, 3.63) is 102 Å². The summed E-state index contributed by atoms with van der Waals surface area (Å²) in [5.74, 6) is 3.12. The van der Waals surface area contributed by atoms with Crippen LogP contribution in [0.5, 0.6) is 28.7 Å². The molecular weight excluding hydrogens is 664 g/mol. The third-order valence-corrected chi connectivity index (χ3v) is 9.16. The fourth-order valence-electron chi connectivity index (χ4n) is 6.01. The Morgan fingerprint density at radius 3 is 1.58 bits per heavy atom. The van der Waals surface area contributed by atoms with Crippen LogP contribution in [0.4, 0.5) is 0 Å². The van der Waals surface area contributed by atoms with E-state index in [2.05, 4.69) is 19.1 Å². The van der Waals surface area contributed by atoms with Crippen molar-refractivity contribution in [3.63, 3.8) is 0 Å². The van der Waals surface area contributed by atoms with E-state index in [1.165, 1.54) is 0 Å². The summed E-state index contributed by atoms with van der Waals surface area (Å²) >= 11 is 0. The first kappa shape index (κ1) is 35.8. The topological polar surface area (TPSA) is 107 Å². The number of hydrogen-bond acceptors (Lipinski definition) is 10. The summed E-state index contributed by atoms with van der Waals surface area (Å²) < 4.78 is 50.6. The number of esters is 1. The molecule has 0 spiro atoms. The van der Waals surface area contributed by atoms with Gasteiger partial charge in [0.1, 0.15) is 41.0 Å². The summed E-state index contributed by atoms with van der Waals surface area (Å²) in [6.45, 7) is 7.88. The molecule has 4 aromatic carbocycles. The van der Waals surface area contributed by atoms with Gasteiger partial charge in [-0.3, -0.25) is 0 Å². The Morgan fingerprint density at radius 2 is 1.02 bits per heavy atom.